The van der Waals surface area contributed by atoms with E-state index in [1.165, 1.54) is 20.1 Å². The van der Waals surface area contributed by atoms with Gasteiger partial charge in [-0.1, -0.05) is 6.07 Å². The third-order valence-corrected chi connectivity index (χ3v) is 6.65. The van der Waals surface area contributed by atoms with E-state index >= 15 is 0 Å². The van der Waals surface area contributed by atoms with Crippen LogP contribution in [-0.4, -0.2) is 49.0 Å². The van der Waals surface area contributed by atoms with E-state index in [1.807, 2.05) is 6.07 Å². The molecule has 3 aromatic rings. The van der Waals surface area contributed by atoms with Gasteiger partial charge in [0, 0.05) is 31.8 Å². The third kappa shape index (κ3) is 5.66. The number of nitrogens with zero attached hydrogens (tertiary/aromatic N) is 2. The van der Waals surface area contributed by atoms with Crippen molar-refractivity contribution in [2.75, 3.05) is 32.0 Å². The van der Waals surface area contributed by atoms with Gasteiger partial charge in [-0.2, -0.15) is 5.10 Å². The molecule has 1 aromatic heterocycles. The number of fused-ring (bicyclic) bond motifs is 3. The first-order valence-corrected chi connectivity index (χ1v) is 12.5. The van der Waals surface area contributed by atoms with E-state index in [2.05, 4.69) is 21.0 Å². The van der Waals surface area contributed by atoms with Gasteiger partial charge in [-0.3, -0.25) is 19.1 Å². The molecule has 39 heavy (non-hydrogen) atoms. The number of carbonyl (C=O) groups is 2. The van der Waals surface area contributed by atoms with Crippen molar-refractivity contribution < 1.29 is 23.8 Å². The summed E-state index contributed by atoms with van der Waals surface area (Å²) in [7, 11) is 6.39. The highest BCUT2D eigenvalue weighted by atomic mass is 16.5. The minimum absolute atomic E-state index is 0.212. The van der Waals surface area contributed by atoms with Crippen LogP contribution in [0.3, 0.4) is 0 Å². The van der Waals surface area contributed by atoms with E-state index in [-0.39, 0.29) is 22.9 Å². The number of hydrogen-bond acceptors (Lipinski definition) is 8. The highest BCUT2D eigenvalue weighted by molar-refractivity contribution is 5.95. The number of amides is 2. The second-order valence-electron chi connectivity index (χ2n) is 9.33. The van der Waals surface area contributed by atoms with Crippen molar-refractivity contribution in [1.82, 2.24) is 15.1 Å². The van der Waals surface area contributed by atoms with Gasteiger partial charge in [0.05, 0.1) is 33.1 Å². The highest BCUT2D eigenvalue weighted by Crippen LogP contribution is 2.50. The molecule has 2 amide bonds. The summed E-state index contributed by atoms with van der Waals surface area (Å²) in [6, 6.07) is 7.36. The molecule has 0 fully saturated rings. The number of benzene rings is 1. The standard InChI is InChI=1S/C28H33N5O6/c1-15(28(36)31-24-11-12-33(3)32-24)29-21-10-8-18-19(14-22(21)35)20(30-16(2)34)9-7-17-13-23(37-4)26(38-5)27(39-6)25(17)18/h8,10-15,20H,7,9H2,1-6H3,(H,29,35)(H,30,34)(H,31,32,36)/t15-,20-/m0/s1. The first kappa shape index (κ1) is 27.5. The second-order valence-corrected chi connectivity index (χ2v) is 9.33. The Bertz CT molecular complexity index is 1470. The van der Waals surface area contributed by atoms with Crippen molar-refractivity contribution in [2.45, 2.75) is 38.8 Å². The molecule has 0 spiro atoms. The normalized spacial score (nSPS) is 14.7. The Hall–Kier alpha value is -4.54. The second kappa shape index (κ2) is 11.5. The maximum Gasteiger partial charge on any atom is 0.247 e. The van der Waals surface area contributed by atoms with Crippen LogP contribution in [0.2, 0.25) is 0 Å². The Morgan fingerprint density at radius 3 is 2.44 bits per heavy atom. The number of anilines is 2. The van der Waals surface area contributed by atoms with Gasteiger partial charge in [-0.25, -0.2) is 0 Å². The first-order valence-electron chi connectivity index (χ1n) is 12.5. The van der Waals surface area contributed by atoms with Crippen LogP contribution >= 0.6 is 0 Å². The fourth-order valence-electron chi connectivity index (χ4n) is 4.84. The van der Waals surface area contributed by atoms with Crippen molar-refractivity contribution >= 4 is 23.3 Å². The van der Waals surface area contributed by atoms with Crippen molar-refractivity contribution in [3.63, 3.8) is 0 Å². The summed E-state index contributed by atoms with van der Waals surface area (Å²) in [5.74, 6) is 1.27. The number of aryl methyl sites for hydroxylation is 2. The van der Waals surface area contributed by atoms with Crippen molar-refractivity contribution in [3.8, 4) is 28.4 Å². The Kier molecular flexibility index (Phi) is 8.08. The molecular weight excluding hydrogens is 502 g/mol. The molecule has 0 radical (unpaired) electrons. The van der Waals surface area contributed by atoms with E-state index in [9.17, 15) is 14.4 Å². The molecule has 0 aliphatic heterocycles. The number of carbonyl (C=O) groups excluding carboxylic acids is 2. The highest BCUT2D eigenvalue weighted by Gasteiger charge is 2.29. The van der Waals surface area contributed by atoms with Crippen molar-refractivity contribution in [3.05, 3.63) is 57.9 Å². The minimum atomic E-state index is -0.737. The lowest BCUT2D eigenvalue weighted by atomic mass is 9.95. The van der Waals surface area contributed by atoms with E-state index in [4.69, 9.17) is 14.2 Å². The fourth-order valence-corrected chi connectivity index (χ4v) is 4.84. The zero-order valence-corrected chi connectivity index (χ0v) is 22.9. The van der Waals surface area contributed by atoms with Crippen LogP contribution in [-0.2, 0) is 23.1 Å². The summed E-state index contributed by atoms with van der Waals surface area (Å²) < 4.78 is 18.6. The number of methoxy groups -OCH3 is 3. The summed E-state index contributed by atoms with van der Waals surface area (Å²) in [4.78, 5) is 38.3. The maximum atomic E-state index is 13.4. The summed E-state index contributed by atoms with van der Waals surface area (Å²) in [5.41, 5.74) is 2.92. The topological polar surface area (TPSA) is 133 Å². The van der Waals surface area contributed by atoms with Gasteiger partial charge >= 0.3 is 0 Å². The van der Waals surface area contributed by atoms with E-state index in [0.29, 0.717) is 47.0 Å². The van der Waals surface area contributed by atoms with Crippen molar-refractivity contribution in [1.29, 1.82) is 0 Å². The summed E-state index contributed by atoms with van der Waals surface area (Å²) in [5, 5.41) is 12.9. The molecule has 1 aliphatic carbocycles. The van der Waals surface area contributed by atoms with Gasteiger partial charge in [-0.05, 0) is 54.7 Å². The number of ether oxygens (including phenoxy) is 3. The average molecular weight is 536 g/mol. The summed E-state index contributed by atoms with van der Waals surface area (Å²) in [6.07, 6.45) is 2.86. The number of hydrogen-bond donors (Lipinski definition) is 3. The van der Waals surface area contributed by atoms with Gasteiger partial charge in [-0.15, -0.1) is 0 Å². The molecule has 0 unspecified atom stereocenters. The lowest BCUT2D eigenvalue weighted by Gasteiger charge is -2.19. The molecule has 1 aliphatic rings. The molecule has 4 rings (SSSR count). The van der Waals surface area contributed by atoms with Crippen molar-refractivity contribution in [2.24, 2.45) is 7.05 Å². The molecule has 0 saturated heterocycles. The molecule has 2 aromatic carbocycles. The Balaban J connectivity index is 1.82. The molecule has 3 N–H and O–H groups in total. The van der Waals surface area contributed by atoms with E-state index in [0.717, 1.165) is 11.1 Å². The van der Waals surface area contributed by atoms with E-state index < -0.39 is 12.1 Å². The van der Waals surface area contributed by atoms with Gasteiger partial charge < -0.3 is 30.2 Å². The summed E-state index contributed by atoms with van der Waals surface area (Å²) >= 11 is 0. The zero-order chi connectivity index (χ0) is 28.3. The van der Waals surface area contributed by atoms with E-state index in [1.54, 1.807) is 57.3 Å². The van der Waals surface area contributed by atoms with Crippen LogP contribution < -0.4 is 35.6 Å². The Morgan fingerprint density at radius 2 is 1.82 bits per heavy atom. The van der Waals surface area contributed by atoms with Gasteiger partial charge in [0.25, 0.3) is 0 Å². The Labute approximate surface area is 226 Å². The smallest absolute Gasteiger partial charge is 0.247 e. The van der Waals surface area contributed by atoms with Crippen LogP contribution in [0.25, 0.3) is 11.1 Å². The number of rotatable bonds is 8. The van der Waals surface area contributed by atoms with Crippen LogP contribution in [0.15, 0.2) is 41.3 Å². The van der Waals surface area contributed by atoms with Crippen LogP contribution in [0.4, 0.5) is 11.5 Å². The lowest BCUT2D eigenvalue weighted by molar-refractivity contribution is -0.119. The number of aromatic nitrogens is 2. The predicted molar refractivity (Wildman–Crippen MR) is 148 cm³/mol. The molecule has 0 bridgehead atoms. The average Bonchev–Trinajstić information content (AvgIpc) is 3.17. The fraction of sp³-hybridized carbons (Fsp3) is 0.357. The molecular formula is C28H33N5O6. The monoisotopic (exact) mass is 535 g/mol. The van der Waals surface area contributed by atoms with Gasteiger partial charge in [0.2, 0.25) is 23.0 Å². The molecule has 1 heterocycles. The zero-order valence-electron chi connectivity index (χ0n) is 22.9. The molecule has 11 nitrogen and oxygen atoms in total. The first-order chi connectivity index (χ1) is 18.7. The SMILES string of the molecule is COc1cc2c(c(OC)c1OC)-c1ccc(N[C@@H](C)C(=O)Nc3ccn(C)n3)c(=O)cc1[C@@H](NC(C)=O)CC2. The minimum Gasteiger partial charge on any atom is -0.493 e. The molecule has 11 heteroatoms. The largest absolute Gasteiger partial charge is 0.493 e. The quantitative estimate of drug-likeness (QED) is 0.401. The van der Waals surface area contributed by atoms with Crippen LogP contribution in [0.5, 0.6) is 17.2 Å². The maximum absolute atomic E-state index is 13.4. The van der Waals surface area contributed by atoms with Crippen LogP contribution in [0.1, 0.15) is 37.4 Å². The lowest BCUT2D eigenvalue weighted by Crippen LogP contribution is -2.33. The van der Waals surface area contributed by atoms with Crippen LogP contribution in [0, 0.1) is 0 Å². The predicted octanol–water partition coefficient (Wildman–Crippen LogP) is 3.04. The Morgan fingerprint density at radius 1 is 1.08 bits per heavy atom. The number of nitrogens with one attached hydrogen (secondary N) is 3. The third-order valence-electron chi connectivity index (χ3n) is 6.65. The molecule has 2 atom stereocenters. The summed E-state index contributed by atoms with van der Waals surface area (Å²) in [6.45, 7) is 3.10. The molecule has 206 valence electrons. The van der Waals surface area contributed by atoms with Gasteiger partial charge in [0.15, 0.2) is 17.3 Å². The van der Waals surface area contributed by atoms with Gasteiger partial charge in [0.1, 0.15) is 6.04 Å². The molecule has 0 saturated carbocycles.